The summed E-state index contributed by atoms with van der Waals surface area (Å²) in [5.74, 6) is -0.0999. The van der Waals surface area contributed by atoms with Crippen molar-refractivity contribution in [1.29, 1.82) is 0 Å². The Labute approximate surface area is 174 Å². The second kappa shape index (κ2) is 9.93. The molecule has 0 bridgehead atoms. The zero-order valence-electron chi connectivity index (χ0n) is 15.1. The number of nitrogens with one attached hydrogen (secondary N) is 1. The number of amides is 1. The van der Waals surface area contributed by atoms with Crippen LogP contribution in [-0.2, 0) is 9.59 Å². The lowest BCUT2D eigenvalue weighted by Gasteiger charge is -2.16. The van der Waals surface area contributed by atoms with E-state index >= 15 is 0 Å². The van der Waals surface area contributed by atoms with Crippen LogP contribution in [0.15, 0.2) is 22.3 Å². The average molecular weight is 505 g/mol. The summed E-state index contributed by atoms with van der Waals surface area (Å²) in [6, 6.07) is 3.69. The van der Waals surface area contributed by atoms with Crippen molar-refractivity contribution in [3.05, 3.63) is 21.3 Å². The summed E-state index contributed by atoms with van der Waals surface area (Å²) >= 11 is 3.23. The molecule has 2 N–H and O–H groups in total. The van der Waals surface area contributed by atoms with Crippen LogP contribution in [0.4, 0.5) is 0 Å². The van der Waals surface area contributed by atoms with E-state index in [-0.39, 0.29) is 23.6 Å². The number of benzene rings is 1. The molecule has 0 aliphatic carbocycles. The second-order valence-electron chi connectivity index (χ2n) is 5.77. The Kier molecular flexibility index (Phi) is 7.90. The quantitative estimate of drug-likeness (QED) is 0.320. The summed E-state index contributed by atoms with van der Waals surface area (Å²) in [5, 5.41) is 18.8. The van der Waals surface area contributed by atoms with Crippen molar-refractivity contribution in [2.75, 3.05) is 6.61 Å². The second-order valence-corrected chi connectivity index (χ2v) is 8.13. The van der Waals surface area contributed by atoms with Crippen LogP contribution in [0.2, 0.25) is 0 Å². The minimum atomic E-state index is -1.03. The highest BCUT2D eigenvalue weighted by Gasteiger charge is 2.32. The van der Waals surface area contributed by atoms with Crippen molar-refractivity contribution >= 4 is 57.6 Å². The molecule has 0 saturated carbocycles. The highest BCUT2D eigenvalue weighted by molar-refractivity contribution is 14.1. The molecule has 0 aromatic heterocycles. The Hall–Kier alpha value is -1.82. The highest BCUT2D eigenvalue weighted by Crippen LogP contribution is 2.34. The molecule has 10 heteroatoms. The number of aliphatic carboxylic acids is 1. The molecule has 1 aromatic rings. The molecule has 1 aliphatic rings. The summed E-state index contributed by atoms with van der Waals surface area (Å²) in [6.07, 6.45) is 1.30. The topological polar surface area (TPSA) is 110 Å². The number of rotatable bonds is 8. The standard InChI is InChI=1S/C17H20IN3O5S/c1-4-25-12-6-10(5-11(18)15(12)26-9(2)3)8-19-21-17-20-16(24)13(27-17)7-14(22)23/h5-6,8-9,13H,4,7H2,1-3H3,(H,22,23)(H,20,21,24). The van der Waals surface area contributed by atoms with Gasteiger partial charge in [0.15, 0.2) is 16.7 Å². The van der Waals surface area contributed by atoms with E-state index < -0.39 is 11.2 Å². The number of carbonyl (C=O) groups excluding carboxylic acids is 1. The normalized spacial score (nSPS) is 18.3. The van der Waals surface area contributed by atoms with Gasteiger partial charge in [0.1, 0.15) is 5.25 Å². The number of halogens is 1. The number of hydrogen-bond acceptors (Lipinski definition) is 7. The first-order chi connectivity index (χ1) is 12.8. The maximum atomic E-state index is 11.7. The van der Waals surface area contributed by atoms with Crippen molar-refractivity contribution in [3.8, 4) is 11.5 Å². The Morgan fingerprint density at radius 3 is 2.85 bits per heavy atom. The Morgan fingerprint density at radius 2 is 2.22 bits per heavy atom. The molecule has 1 atom stereocenters. The third-order valence-electron chi connectivity index (χ3n) is 3.18. The molecule has 1 saturated heterocycles. The molecule has 2 rings (SSSR count). The van der Waals surface area contributed by atoms with Crippen LogP contribution >= 0.6 is 34.4 Å². The smallest absolute Gasteiger partial charge is 0.305 e. The molecular weight excluding hydrogens is 485 g/mol. The zero-order valence-corrected chi connectivity index (χ0v) is 18.0. The van der Waals surface area contributed by atoms with Gasteiger partial charge in [-0.25, -0.2) is 0 Å². The summed E-state index contributed by atoms with van der Waals surface area (Å²) in [4.78, 5) is 22.4. The summed E-state index contributed by atoms with van der Waals surface area (Å²) in [7, 11) is 0. The van der Waals surface area contributed by atoms with Crippen LogP contribution in [-0.4, -0.2) is 46.3 Å². The van der Waals surface area contributed by atoms with Gasteiger partial charge in [-0.3, -0.25) is 9.59 Å². The van der Waals surface area contributed by atoms with Crippen molar-refractivity contribution in [2.45, 2.75) is 38.5 Å². The minimum absolute atomic E-state index is 0.0189. The molecule has 1 fully saturated rings. The average Bonchev–Trinajstić information content (AvgIpc) is 2.90. The molecule has 1 heterocycles. The first-order valence-corrected chi connectivity index (χ1v) is 10.2. The van der Waals surface area contributed by atoms with E-state index in [0.717, 1.165) is 20.9 Å². The number of nitrogens with zero attached hydrogens (tertiary/aromatic N) is 2. The third kappa shape index (κ3) is 6.38. The number of carboxylic acid groups (broad SMARTS) is 1. The van der Waals surface area contributed by atoms with E-state index in [4.69, 9.17) is 14.6 Å². The molecule has 1 aromatic carbocycles. The maximum Gasteiger partial charge on any atom is 0.305 e. The Morgan fingerprint density at radius 1 is 1.48 bits per heavy atom. The molecule has 1 aliphatic heterocycles. The van der Waals surface area contributed by atoms with Gasteiger partial charge in [0.25, 0.3) is 0 Å². The predicted molar refractivity (Wildman–Crippen MR) is 113 cm³/mol. The molecule has 8 nitrogen and oxygen atoms in total. The fourth-order valence-corrected chi connectivity index (χ4v) is 3.84. The fourth-order valence-electron chi connectivity index (χ4n) is 2.17. The molecule has 0 spiro atoms. The van der Waals surface area contributed by atoms with E-state index in [9.17, 15) is 9.59 Å². The van der Waals surface area contributed by atoms with Gasteiger partial charge >= 0.3 is 5.97 Å². The van der Waals surface area contributed by atoms with Crippen LogP contribution in [0, 0.1) is 3.57 Å². The summed E-state index contributed by atoms with van der Waals surface area (Å²) in [5.41, 5.74) is 0.764. The number of thioether (sulfide) groups is 1. The lowest BCUT2D eigenvalue weighted by Crippen LogP contribution is -2.26. The van der Waals surface area contributed by atoms with Crippen LogP contribution in [0.5, 0.6) is 11.5 Å². The monoisotopic (exact) mass is 505 g/mol. The van der Waals surface area contributed by atoms with Gasteiger partial charge in [-0.05, 0) is 61.1 Å². The predicted octanol–water partition coefficient (Wildman–Crippen LogP) is 2.87. The van der Waals surface area contributed by atoms with Crippen LogP contribution in [0.25, 0.3) is 0 Å². The number of amidine groups is 1. The number of ether oxygens (including phenoxy) is 2. The molecule has 146 valence electrons. The Bertz CT molecular complexity index is 782. The highest BCUT2D eigenvalue weighted by atomic mass is 127. The van der Waals surface area contributed by atoms with E-state index in [1.54, 1.807) is 6.07 Å². The Balaban J connectivity index is 2.15. The van der Waals surface area contributed by atoms with Gasteiger partial charge < -0.3 is 19.9 Å². The largest absolute Gasteiger partial charge is 0.490 e. The van der Waals surface area contributed by atoms with E-state index in [1.807, 2.05) is 26.8 Å². The van der Waals surface area contributed by atoms with Gasteiger partial charge in [-0.15, -0.1) is 5.10 Å². The zero-order chi connectivity index (χ0) is 20.0. The van der Waals surface area contributed by atoms with Gasteiger partial charge in [0.05, 0.1) is 28.9 Å². The number of carboxylic acids is 1. The van der Waals surface area contributed by atoms with Crippen LogP contribution < -0.4 is 14.8 Å². The first kappa shape index (κ1) is 21.5. The molecule has 1 amide bonds. The third-order valence-corrected chi connectivity index (χ3v) is 5.05. The lowest BCUT2D eigenvalue weighted by molar-refractivity contribution is -0.138. The van der Waals surface area contributed by atoms with Gasteiger partial charge in [-0.2, -0.15) is 5.10 Å². The van der Waals surface area contributed by atoms with E-state index in [0.29, 0.717) is 18.1 Å². The minimum Gasteiger partial charge on any atom is -0.490 e. The molecule has 27 heavy (non-hydrogen) atoms. The van der Waals surface area contributed by atoms with Crippen molar-refractivity contribution < 1.29 is 24.2 Å². The molecular formula is C17H20IN3O5S. The van der Waals surface area contributed by atoms with Crippen molar-refractivity contribution in [1.82, 2.24) is 5.32 Å². The summed E-state index contributed by atoms with van der Waals surface area (Å²) in [6.45, 7) is 6.29. The van der Waals surface area contributed by atoms with Gasteiger partial charge in [0.2, 0.25) is 5.91 Å². The lowest BCUT2D eigenvalue weighted by atomic mass is 10.2. The first-order valence-electron chi connectivity index (χ1n) is 8.23. The maximum absolute atomic E-state index is 11.7. The molecule has 1 unspecified atom stereocenters. The number of carbonyl (C=O) groups is 2. The SMILES string of the molecule is CCOc1cc(C=NN=C2NC(=O)C(CC(=O)O)S2)cc(I)c1OC(C)C. The van der Waals surface area contributed by atoms with Crippen LogP contribution in [0.1, 0.15) is 32.8 Å². The number of hydrogen-bond donors (Lipinski definition) is 2. The fraction of sp³-hybridized carbons (Fsp3) is 0.412. The van der Waals surface area contributed by atoms with Crippen molar-refractivity contribution in [2.24, 2.45) is 10.2 Å². The van der Waals surface area contributed by atoms with Crippen LogP contribution in [0.3, 0.4) is 0 Å². The summed E-state index contributed by atoms with van der Waals surface area (Å²) < 4.78 is 12.4. The van der Waals surface area contributed by atoms with E-state index in [2.05, 4.69) is 38.1 Å². The van der Waals surface area contributed by atoms with Gasteiger partial charge in [-0.1, -0.05) is 11.8 Å². The molecule has 0 radical (unpaired) electrons. The van der Waals surface area contributed by atoms with E-state index in [1.165, 1.54) is 6.21 Å². The van der Waals surface area contributed by atoms with Crippen molar-refractivity contribution in [3.63, 3.8) is 0 Å². The van der Waals surface area contributed by atoms with Gasteiger partial charge in [0, 0.05) is 0 Å².